The minimum absolute atomic E-state index is 0.0315. The van der Waals surface area contributed by atoms with Crippen LogP contribution in [-0.2, 0) is 32.6 Å². The van der Waals surface area contributed by atoms with Gasteiger partial charge >= 0.3 is 0 Å². The highest BCUT2D eigenvalue weighted by Crippen LogP contribution is 2.26. The molecule has 0 aromatic heterocycles. The van der Waals surface area contributed by atoms with Crippen LogP contribution in [0.3, 0.4) is 0 Å². The normalized spacial score (nSPS) is 11.9. The van der Waals surface area contributed by atoms with E-state index >= 15 is 0 Å². The van der Waals surface area contributed by atoms with Crippen LogP contribution in [0.5, 0.6) is 0 Å². The van der Waals surface area contributed by atoms with Crippen LogP contribution >= 0.6 is 0 Å². The van der Waals surface area contributed by atoms with Crippen LogP contribution < -0.4 is 9.62 Å². The van der Waals surface area contributed by atoms with Gasteiger partial charge in [0.1, 0.15) is 18.4 Å². The summed E-state index contributed by atoms with van der Waals surface area (Å²) in [6.07, 6.45) is 0.197. The summed E-state index contributed by atoms with van der Waals surface area (Å²) < 4.78 is 42.8. The molecule has 0 fully saturated rings. The summed E-state index contributed by atoms with van der Waals surface area (Å²) in [5.74, 6) is -1.42. The van der Waals surface area contributed by atoms with E-state index in [1.807, 2.05) is 50.2 Å². The second kappa shape index (κ2) is 13.4. The molecule has 4 aromatic carbocycles. The number of likely N-dealkylation sites (N-methyl/N-ethyl adjacent to an activating group) is 1. The van der Waals surface area contributed by atoms with E-state index in [2.05, 4.69) is 5.32 Å². The second-order valence-electron chi connectivity index (χ2n) is 10.1. The summed E-state index contributed by atoms with van der Waals surface area (Å²) in [4.78, 5) is 28.9. The van der Waals surface area contributed by atoms with E-state index in [1.165, 1.54) is 36.2 Å². The van der Waals surface area contributed by atoms with Crippen LogP contribution in [0, 0.1) is 19.7 Å². The first kappa shape index (κ1) is 30.5. The van der Waals surface area contributed by atoms with E-state index in [-0.39, 0.29) is 17.9 Å². The van der Waals surface area contributed by atoms with Crippen LogP contribution in [0.15, 0.2) is 108 Å². The maximum Gasteiger partial charge on any atom is 0.264 e. The second-order valence-corrected chi connectivity index (χ2v) is 12.0. The number of halogens is 1. The van der Waals surface area contributed by atoms with Crippen molar-refractivity contribution in [2.24, 2.45) is 0 Å². The number of benzene rings is 4. The van der Waals surface area contributed by atoms with Crippen LogP contribution in [0.1, 0.15) is 22.3 Å². The molecule has 0 spiro atoms. The topological polar surface area (TPSA) is 86.8 Å². The SMILES string of the molecule is CNC(=O)[C@@H](Cc1ccccc1)N(Cc1ccc(F)cc1)C(=O)CN(c1cccc(C)c1)S(=O)(=O)c1ccc(C)cc1. The third-order valence-electron chi connectivity index (χ3n) is 6.96. The molecule has 0 aliphatic heterocycles. The lowest BCUT2D eigenvalue weighted by Crippen LogP contribution is -2.53. The van der Waals surface area contributed by atoms with Gasteiger partial charge in [-0.15, -0.1) is 0 Å². The lowest BCUT2D eigenvalue weighted by Gasteiger charge is -2.33. The maximum absolute atomic E-state index is 14.2. The molecule has 4 rings (SSSR count). The molecule has 4 aromatic rings. The summed E-state index contributed by atoms with van der Waals surface area (Å²) >= 11 is 0. The molecule has 218 valence electrons. The third kappa shape index (κ3) is 7.41. The molecule has 9 heteroatoms. The van der Waals surface area contributed by atoms with Gasteiger partial charge in [0.15, 0.2) is 0 Å². The molecular formula is C33H34FN3O4S. The molecule has 0 bridgehead atoms. The number of nitrogens with zero attached hydrogens (tertiary/aromatic N) is 2. The van der Waals surface area contributed by atoms with Crippen LogP contribution in [0.4, 0.5) is 10.1 Å². The summed E-state index contributed by atoms with van der Waals surface area (Å²) in [5.41, 5.74) is 3.46. The molecular weight excluding hydrogens is 553 g/mol. The van der Waals surface area contributed by atoms with Gasteiger partial charge in [-0.3, -0.25) is 13.9 Å². The Morgan fingerprint density at radius 3 is 2.10 bits per heavy atom. The molecule has 0 unspecified atom stereocenters. The summed E-state index contributed by atoms with van der Waals surface area (Å²) in [6.45, 7) is 3.11. The fourth-order valence-electron chi connectivity index (χ4n) is 4.66. The van der Waals surface area contributed by atoms with Gasteiger partial charge in [-0.2, -0.15) is 0 Å². The van der Waals surface area contributed by atoms with Crippen molar-refractivity contribution in [1.82, 2.24) is 10.2 Å². The Morgan fingerprint density at radius 1 is 0.810 bits per heavy atom. The van der Waals surface area contributed by atoms with Crippen molar-refractivity contribution >= 4 is 27.5 Å². The van der Waals surface area contributed by atoms with E-state index in [4.69, 9.17) is 0 Å². The standard InChI is InChI=1S/C33H34FN3O4S/c1-24-12-18-30(19-13-24)42(40,41)37(29-11-7-8-25(2)20-29)23-32(38)36(22-27-14-16-28(34)17-15-27)31(33(39)35-3)21-26-9-5-4-6-10-26/h4-20,31H,21-23H2,1-3H3,(H,35,39)/t31-/m1/s1. The number of carbonyl (C=O) groups is 2. The summed E-state index contributed by atoms with van der Waals surface area (Å²) in [7, 11) is -2.68. The Balaban J connectivity index is 1.78. The number of hydrogen-bond donors (Lipinski definition) is 1. The number of anilines is 1. The zero-order chi connectivity index (χ0) is 30.3. The number of carbonyl (C=O) groups excluding carboxylic acids is 2. The van der Waals surface area contributed by atoms with Crippen LogP contribution in [0.25, 0.3) is 0 Å². The van der Waals surface area contributed by atoms with E-state index in [0.29, 0.717) is 11.3 Å². The van der Waals surface area contributed by atoms with Gasteiger partial charge < -0.3 is 10.2 Å². The first-order valence-electron chi connectivity index (χ1n) is 13.5. The van der Waals surface area contributed by atoms with Gasteiger partial charge in [-0.25, -0.2) is 12.8 Å². The Morgan fingerprint density at radius 2 is 1.48 bits per heavy atom. The predicted molar refractivity (Wildman–Crippen MR) is 162 cm³/mol. The van der Waals surface area contributed by atoms with Crippen LogP contribution in [-0.4, -0.2) is 44.8 Å². The van der Waals surface area contributed by atoms with Crippen molar-refractivity contribution in [2.45, 2.75) is 37.8 Å². The Bertz CT molecular complexity index is 1630. The van der Waals surface area contributed by atoms with Crippen molar-refractivity contribution < 1.29 is 22.4 Å². The molecule has 0 aliphatic rings. The third-order valence-corrected chi connectivity index (χ3v) is 8.75. The smallest absolute Gasteiger partial charge is 0.264 e. The van der Waals surface area contributed by atoms with Crippen molar-refractivity contribution in [2.75, 3.05) is 17.9 Å². The van der Waals surface area contributed by atoms with Gasteiger partial charge in [-0.05, 0) is 66.9 Å². The van der Waals surface area contributed by atoms with Crippen molar-refractivity contribution in [3.8, 4) is 0 Å². The highest BCUT2D eigenvalue weighted by Gasteiger charge is 2.34. The minimum Gasteiger partial charge on any atom is -0.357 e. The highest BCUT2D eigenvalue weighted by atomic mass is 32.2. The van der Waals surface area contributed by atoms with E-state index in [1.54, 1.807) is 42.5 Å². The fourth-order valence-corrected chi connectivity index (χ4v) is 6.06. The molecule has 2 amide bonds. The lowest BCUT2D eigenvalue weighted by atomic mass is 10.0. The highest BCUT2D eigenvalue weighted by molar-refractivity contribution is 7.92. The number of amides is 2. The first-order valence-corrected chi connectivity index (χ1v) is 15.0. The van der Waals surface area contributed by atoms with E-state index < -0.39 is 40.2 Å². The van der Waals surface area contributed by atoms with Crippen molar-refractivity contribution in [3.63, 3.8) is 0 Å². The molecule has 7 nitrogen and oxygen atoms in total. The quantitative estimate of drug-likeness (QED) is 0.267. The predicted octanol–water partition coefficient (Wildman–Crippen LogP) is 5.02. The van der Waals surface area contributed by atoms with Gasteiger partial charge in [0, 0.05) is 20.0 Å². The van der Waals surface area contributed by atoms with Crippen molar-refractivity contribution in [1.29, 1.82) is 0 Å². The Hall–Kier alpha value is -4.50. The zero-order valence-corrected chi connectivity index (χ0v) is 24.6. The molecule has 0 aliphatic carbocycles. The number of aryl methyl sites for hydroxylation is 2. The van der Waals surface area contributed by atoms with E-state index in [0.717, 1.165) is 21.0 Å². The average Bonchev–Trinajstić information content (AvgIpc) is 2.98. The lowest BCUT2D eigenvalue weighted by molar-refractivity contribution is -0.139. The average molecular weight is 588 g/mol. The summed E-state index contributed by atoms with van der Waals surface area (Å²) in [6, 6.07) is 27.3. The number of rotatable bonds is 11. The monoisotopic (exact) mass is 587 g/mol. The number of sulfonamides is 1. The molecule has 1 N–H and O–H groups in total. The summed E-state index contributed by atoms with van der Waals surface area (Å²) in [5, 5.41) is 2.64. The number of hydrogen-bond acceptors (Lipinski definition) is 4. The Labute approximate surface area is 246 Å². The van der Waals surface area contributed by atoms with Crippen molar-refractivity contribution in [3.05, 3.63) is 131 Å². The molecule has 0 heterocycles. The molecule has 1 atom stereocenters. The van der Waals surface area contributed by atoms with Gasteiger partial charge in [0.2, 0.25) is 11.8 Å². The van der Waals surface area contributed by atoms with Crippen LogP contribution in [0.2, 0.25) is 0 Å². The molecule has 0 saturated carbocycles. The van der Waals surface area contributed by atoms with Gasteiger partial charge in [-0.1, -0.05) is 72.3 Å². The van der Waals surface area contributed by atoms with Gasteiger partial charge in [0.25, 0.3) is 10.0 Å². The van der Waals surface area contributed by atoms with Gasteiger partial charge in [0.05, 0.1) is 10.6 Å². The maximum atomic E-state index is 14.2. The Kier molecular flexibility index (Phi) is 9.75. The zero-order valence-electron chi connectivity index (χ0n) is 23.8. The largest absolute Gasteiger partial charge is 0.357 e. The van der Waals surface area contributed by atoms with E-state index in [9.17, 15) is 22.4 Å². The minimum atomic E-state index is -4.17. The fraction of sp³-hybridized carbons (Fsp3) is 0.212. The first-order chi connectivity index (χ1) is 20.1. The molecule has 42 heavy (non-hydrogen) atoms. The number of nitrogens with one attached hydrogen (secondary N) is 1. The molecule has 0 saturated heterocycles. The molecule has 0 radical (unpaired) electrons.